The summed E-state index contributed by atoms with van der Waals surface area (Å²) in [4.78, 5) is 12.3. The van der Waals surface area contributed by atoms with Crippen molar-refractivity contribution in [1.29, 1.82) is 0 Å². The molecule has 0 aromatic carbocycles. The molecule has 1 aliphatic rings. The highest BCUT2D eigenvalue weighted by Crippen LogP contribution is 2.28. The van der Waals surface area contributed by atoms with Gasteiger partial charge in [0, 0.05) is 0 Å². The topological polar surface area (TPSA) is 64.3 Å². The van der Waals surface area contributed by atoms with Gasteiger partial charge in [0.15, 0.2) is 0 Å². The van der Waals surface area contributed by atoms with E-state index in [4.69, 9.17) is 22.7 Å². The van der Waals surface area contributed by atoms with E-state index in [9.17, 15) is 4.79 Å². The predicted octanol–water partition coefficient (Wildman–Crippen LogP) is 1.91. The van der Waals surface area contributed by atoms with Crippen molar-refractivity contribution in [1.82, 2.24) is 5.32 Å². The van der Waals surface area contributed by atoms with Crippen LogP contribution < -0.4 is 11.1 Å². The number of carbonyl (C=O) groups is 1. The second-order valence-corrected chi connectivity index (χ2v) is 6.40. The summed E-state index contributed by atoms with van der Waals surface area (Å²) < 4.78 is 5.46. The molecule has 0 aromatic heterocycles. The van der Waals surface area contributed by atoms with Gasteiger partial charge in [0.25, 0.3) is 0 Å². The summed E-state index contributed by atoms with van der Waals surface area (Å²) >= 11 is 5.13. The van der Waals surface area contributed by atoms with Gasteiger partial charge in [-0.15, -0.1) is 0 Å². The SMILES string of the molecule is CC(C)(C)OCC(=O)NC1(C(N)=S)CCCCC1. The lowest BCUT2D eigenvalue weighted by molar-refractivity contribution is -0.132. The second-order valence-electron chi connectivity index (χ2n) is 5.96. The molecule has 4 nitrogen and oxygen atoms in total. The predicted molar refractivity (Wildman–Crippen MR) is 76.4 cm³/mol. The van der Waals surface area contributed by atoms with Crippen molar-refractivity contribution in [2.24, 2.45) is 5.73 Å². The standard InChI is InChI=1S/C13H24N2O2S/c1-12(2,3)17-9-10(16)15-13(11(14)18)7-5-4-6-8-13/h4-9H2,1-3H3,(H2,14,18)(H,15,16). The summed E-state index contributed by atoms with van der Waals surface area (Å²) in [5.41, 5.74) is 5.00. The molecule has 0 radical (unpaired) electrons. The van der Waals surface area contributed by atoms with Gasteiger partial charge in [0.1, 0.15) is 6.61 Å². The van der Waals surface area contributed by atoms with Gasteiger partial charge in [-0.2, -0.15) is 0 Å². The monoisotopic (exact) mass is 272 g/mol. The van der Waals surface area contributed by atoms with Crippen molar-refractivity contribution in [3.63, 3.8) is 0 Å². The Balaban J connectivity index is 2.56. The number of hydrogen-bond donors (Lipinski definition) is 2. The lowest BCUT2D eigenvalue weighted by Gasteiger charge is -2.37. The Morgan fingerprint density at radius 3 is 2.33 bits per heavy atom. The van der Waals surface area contributed by atoms with Gasteiger partial charge in [0.05, 0.1) is 16.1 Å². The number of thiocarbonyl (C=S) groups is 1. The van der Waals surface area contributed by atoms with Gasteiger partial charge in [-0.05, 0) is 33.6 Å². The first-order valence-corrected chi connectivity index (χ1v) is 6.91. The first-order chi connectivity index (χ1) is 8.25. The molecule has 0 spiro atoms. The number of ether oxygens (including phenoxy) is 1. The Hall–Kier alpha value is -0.680. The zero-order chi connectivity index (χ0) is 13.8. The number of hydrogen-bond acceptors (Lipinski definition) is 3. The van der Waals surface area contributed by atoms with Gasteiger partial charge in [0.2, 0.25) is 5.91 Å². The van der Waals surface area contributed by atoms with Crippen LogP contribution in [-0.4, -0.2) is 28.6 Å². The van der Waals surface area contributed by atoms with Crippen LogP contribution in [0.4, 0.5) is 0 Å². The minimum atomic E-state index is -0.494. The van der Waals surface area contributed by atoms with E-state index in [2.05, 4.69) is 5.32 Å². The number of nitrogens with two attached hydrogens (primary N) is 1. The fraction of sp³-hybridized carbons (Fsp3) is 0.846. The van der Waals surface area contributed by atoms with E-state index in [1.807, 2.05) is 20.8 Å². The van der Waals surface area contributed by atoms with Crippen molar-refractivity contribution in [3.05, 3.63) is 0 Å². The Labute approximate surface area is 115 Å². The molecule has 0 aromatic rings. The Kier molecular flexibility index (Phi) is 5.10. The van der Waals surface area contributed by atoms with Crippen LogP contribution in [0.3, 0.4) is 0 Å². The summed E-state index contributed by atoms with van der Waals surface area (Å²) in [5, 5.41) is 2.97. The highest BCUT2D eigenvalue weighted by Gasteiger charge is 2.36. The minimum Gasteiger partial charge on any atom is -0.391 e. The highest BCUT2D eigenvalue weighted by atomic mass is 32.1. The highest BCUT2D eigenvalue weighted by molar-refractivity contribution is 7.80. The molecule has 0 aliphatic heterocycles. The van der Waals surface area contributed by atoms with Gasteiger partial charge < -0.3 is 15.8 Å². The first kappa shape index (κ1) is 15.4. The molecule has 1 saturated carbocycles. The van der Waals surface area contributed by atoms with E-state index in [0.717, 1.165) is 25.7 Å². The van der Waals surface area contributed by atoms with Crippen LogP contribution in [0.2, 0.25) is 0 Å². The lowest BCUT2D eigenvalue weighted by Crippen LogP contribution is -2.58. The van der Waals surface area contributed by atoms with Crippen LogP contribution in [0.1, 0.15) is 52.9 Å². The summed E-state index contributed by atoms with van der Waals surface area (Å²) in [6, 6.07) is 0. The molecule has 18 heavy (non-hydrogen) atoms. The Bertz CT molecular complexity index is 317. The molecule has 1 amide bonds. The molecule has 5 heteroatoms. The summed E-state index contributed by atoms with van der Waals surface area (Å²) in [6.45, 7) is 5.81. The molecular formula is C13H24N2O2S. The minimum absolute atomic E-state index is 0.0495. The fourth-order valence-electron chi connectivity index (χ4n) is 2.17. The van der Waals surface area contributed by atoms with Crippen LogP contribution in [0.5, 0.6) is 0 Å². The van der Waals surface area contributed by atoms with Gasteiger partial charge in [-0.1, -0.05) is 31.5 Å². The molecule has 1 aliphatic carbocycles. The average Bonchev–Trinajstić information content (AvgIpc) is 2.26. The van der Waals surface area contributed by atoms with Gasteiger partial charge >= 0.3 is 0 Å². The van der Waals surface area contributed by atoms with Crippen LogP contribution in [0, 0.1) is 0 Å². The van der Waals surface area contributed by atoms with E-state index in [1.54, 1.807) is 0 Å². The normalized spacial score (nSPS) is 19.3. The zero-order valence-corrected chi connectivity index (χ0v) is 12.4. The molecule has 1 rings (SSSR count). The first-order valence-electron chi connectivity index (χ1n) is 6.50. The van der Waals surface area contributed by atoms with E-state index < -0.39 is 5.54 Å². The third-order valence-corrected chi connectivity index (χ3v) is 3.58. The van der Waals surface area contributed by atoms with E-state index in [0.29, 0.717) is 4.99 Å². The molecule has 0 unspecified atom stereocenters. The number of nitrogens with one attached hydrogen (secondary N) is 1. The van der Waals surface area contributed by atoms with Crippen molar-refractivity contribution in [3.8, 4) is 0 Å². The number of amides is 1. The fourth-order valence-corrected chi connectivity index (χ4v) is 2.43. The lowest BCUT2D eigenvalue weighted by atomic mass is 9.81. The van der Waals surface area contributed by atoms with Crippen molar-refractivity contribution >= 4 is 23.1 Å². The maximum Gasteiger partial charge on any atom is 0.246 e. The third kappa shape index (κ3) is 4.53. The van der Waals surface area contributed by atoms with Crippen LogP contribution in [-0.2, 0) is 9.53 Å². The van der Waals surface area contributed by atoms with E-state index >= 15 is 0 Å². The van der Waals surface area contributed by atoms with Crippen LogP contribution >= 0.6 is 12.2 Å². The largest absolute Gasteiger partial charge is 0.391 e. The molecule has 0 saturated heterocycles. The number of rotatable bonds is 4. The maximum atomic E-state index is 11.9. The molecule has 3 N–H and O–H groups in total. The van der Waals surface area contributed by atoms with Crippen molar-refractivity contribution < 1.29 is 9.53 Å². The third-order valence-electron chi connectivity index (χ3n) is 3.19. The molecular weight excluding hydrogens is 248 g/mol. The summed E-state index contributed by atoms with van der Waals surface area (Å²) in [5.74, 6) is -0.139. The van der Waals surface area contributed by atoms with Crippen molar-refractivity contribution in [2.45, 2.75) is 64.0 Å². The average molecular weight is 272 g/mol. The zero-order valence-electron chi connectivity index (χ0n) is 11.5. The maximum absolute atomic E-state index is 11.9. The molecule has 0 atom stereocenters. The van der Waals surface area contributed by atoms with Gasteiger partial charge in [-0.25, -0.2) is 0 Å². The van der Waals surface area contributed by atoms with Crippen LogP contribution in [0.15, 0.2) is 0 Å². The van der Waals surface area contributed by atoms with Crippen molar-refractivity contribution in [2.75, 3.05) is 6.61 Å². The van der Waals surface area contributed by atoms with Crippen LogP contribution in [0.25, 0.3) is 0 Å². The van der Waals surface area contributed by atoms with Gasteiger partial charge in [-0.3, -0.25) is 4.79 Å². The quantitative estimate of drug-likeness (QED) is 0.767. The van der Waals surface area contributed by atoms with E-state index in [-0.39, 0.29) is 18.1 Å². The molecule has 104 valence electrons. The summed E-state index contributed by atoms with van der Waals surface area (Å²) in [7, 11) is 0. The molecule has 0 bridgehead atoms. The van der Waals surface area contributed by atoms with E-state index in [1.165, 1.54) is 6.42 Å². The molecule has 0 heterocycles. The number of carbonyl (C=O) groups excluding carboxylic acids is 1. The smallest absolute Gasteiger partial charge is 0.246 e. The Morgan fingerprint density at radius 2 is 1.89 bits per heavy atom. The molecule has 1 fully saturated rings. The summed E-state index contributed by atoms with van der Waals surface area (Å²) in [6.07, 6.45) is 4.96. The second kappa shape index (κ2) is 5.97. The Morgan fingerprint density at radius 1 is 1.33 bits per heavy atom.